The van der Waals surface area contributed by atoms with E-state index in [-0.39, 0.29) is 5.95 Å². The maximum Gasteiger partial charge on any atom is 0.220 e. The smallest absolute Gasteiger partial charge is 0.220 e. The molecular formula is C13H16N4O. The molecule has 0 fully saturated rings. The summed E-state index contributed by atoms with van der Waals surface area (Å²) < 4.78 is 5.54. The summed E-state index contributed by atoms with van der Waals surface area (Å²) in [6, 6.07) is 3.78. The summed E-state index contributed by atoms with van der Waals surface area (Å²) in [4.78, 5) is 12.4. The minimum absolute atomic E-state index is 0.268. The molecule has 0 amide bonds. The zero-order valence-corrected chi connectivity index (χ0v) is 10.6. The number of hydrogen-bond donors (Lipinski definition) is 1. The second-order valence-electron chi connectivity index (χ2n) is 4.01. The van der Waals surface area contributed by atoms with Crippen molar-refractivity contribution in [3.63, 3.8) is 0 Å². The Labute approximate surface area is 106 Å². The van der Waals surface area contributed by atoms with Crippen LogP contribution in [0.3, 0.4) is 0 Å². The van der Waals surface area contributed by atoms with Gasteiger partial charge in [-0.1, -0.05) is 6.92 Å². The molecule has 5 heteroatoms. The molecule has 94 valence electrons. The molecule has 2 aromatic rings. The number of aryl methyl sites for hydroxylation is 1. The van der Waals surface area contributed by atoms with Crippen LogP contribution in [0.4, 0.5) is 5.95 Å². The number of rotatable bonds is 4. The molecule has 2 N–H and O–H groups in total. The third-order valence-electron chi connectivity index (χ3n) is 2.35. The van der Waals surface area contributed by atoms with Gasteiger partial charge in [-0.25, -0.2) is 9.97 Å². The number of pyridine rings is 1. The summed E-state index contributed by atoms with van der Waals surface area (Å²) in [5, 5.41) is 0. The fraction of sp³-hybridized carbons (Fsp3) is 0.308. The third-order valence-corrected chi connectivity index (χ3v) is 2.35. The zero-order valence-electron chi connectivity index (χ0n) is 10.6. The van der Waals surface area contributed by atoms with Crippen molar-refractivity contribution in [2.24, 2.45) is 0 Å². The average molecular weight is 244 g/mol. The predicted octanol–water partition coefficient (Wildman–Crippen LogP) is 2.22. The fourth-order valence-electron chi connectivity index (χ4n) is 1.60. The van der Waals surface area contributed by atoms with E-state index in [0.717, 1.165) is 29.1 Å². The number of hydrogen-bond acceptors (Lipinski definition) is 5. The molecule has 0 aliphatic heterocycles. The molecule has 0 radical (unpaired) electrons. The predicted molar refractivity (Wildman–Crippen MR) is 70.2 cm³/mol. The second-order valence-corrected chi connectivity index (χ2v) is 4.01. The summed E-state index contributed by atoms with van der Waals surface area (Å²) in [7, 11) is 0. The Bertz CT molecular complexity index is 522. The van der Waals surface area contributed by atoms with Gasteiger partial charge in [0.1, 0.15) is 5.75 Å². The third kappa shape index (κ3) is 2.94. The van der Waals surface area contributed by atoms with Gasteiger partial charge in [-0.2, -0.15) is 0 Å². The van der Waals surface area contributed by atoms with Gasteiger partial charge < -0.3 is 10.5 Å². The maximum absolute atomic E-state index is 5.64. The monoisotopic (exact) mass is 244 g/mol. The van der Waals surface area contributed by atoms with Crippen molar-refractivity contribution in [1.82, 2.24) is 15.0 Å². The van der Waals surface area contributed by atoms with Gasteiger partial charge in [0, 0.05) is 17.5 Å². The largest absolute Gasteiger partial charge is 0.492 e. The van der Waals surface area contributed by atoms with Crippen LogP contribution < -0.4 is 10.5 Å². The number of anilines is 1. The Morgan fingerprint density at radius 2 is 2.06 bits per heavy atom. The van der Waals surface area contributed by atoms with Crippen LogP contribution in [-0.4, -0.2) is 21.6 Å². The lowest BCUT2D eigenvalue weighted by Gasteiger charge is -2.07. The minimum Gasteiger partial charge on any atom is -0.492 e. The molecule has 0 aromatic carbocycles. The highest BCUT2D eigenvalue weighted by Crippen LogP contribution is 2.21. The summed E-state index contributed by atoms with van der Waals surface area (Å²) in [5.74, 6) is 1.01. The van der Waals surface area contributed by atoms with Gasteiger partial charge >= 0.3 is 0 Å². The maximum atomic E-state index is 5.64. The first-order valence-electron chi connectivity index (χ1n) is 5.88. The molecule has 5 nitrogen and oxygen atoms in total. The highest BCUT2D eigenvalue weighted by molar-refractivity contribution is 5.61. The fourth-order valence-corrected chi connectivity index (χ4v) is 1.60. The van der Waals surface area contributed by atoms with Crippen LogP contribution in [0.25, 0.3) is 11.3 Å². The van der Waals surface area contributed by atoms with Crippen LogP contribution in [-0.2, 0) is 0 Å². The Kier molecular flexibility index (Phi) is 3.72. The zero-order chi connectivity index (χ0) is 13.0. The molecule has 0 spiro atoms. The first-order chi connectivity index (χ1) is 8.69. The van der Waals surface area contributed by atoms with Crippen molar-refractivity contribution in [3.05, 3.63) is 30.2 Å². The SMILES string of the molecule is CCCOc1cncc(-c2cc(C)nc(N)n2)c1. The van der Waals surface area contributed by atoms with Crippen LogP contribution in [0, 0.1) is 6.92 Å². The van der Waals surface area contributed by atoms with E-state index in [2.05, 4.69) is 21.9 Å². The van der Waals surface area contributed by atoms with Gasteiger partial charge in [-0.3, -0.25) is 4.98 Å². The molecule has 0 bridgehead atoms. The van der Waals surface area contributed by atoms with Gasteiger partial charge in [0.15, 0.2) is 0 Å². The molecular weight excluding hydrogens is 228 g/mol. The average Bonchev–Trinajstić information content (AvgIpc) is 2.35. The highest BCUT2D eigenvalue weighted by atomic mass is 16.5. The molecule has 0 aliphatic rings. The van der Waals surface area contributed by atoms with Crippen molar-refractivity contribution in [2.75, 3.05) is 12.3 Å². The lowest BCUT2D eigenvalue weighted by atomic mass is 10.2. The normalized spacial score (nSPS) is 10.3. The molecule has 0 saturated heterocycles. The van der Waals surface area contributed by atoms with E-state index in [1.165, 1.54) is 0 Å². The topological polar surface area (TPSA) is 73.9 Å². The molecule has 0 atom stereocenters. The summed E-state index contributed by atoms with van der Waals surface area (Å²) in [6.45, 7) is 4.62. The van der Waals surface area contributed by atoms with Gasteiger partial charge in [-0.15, -0.1) is 0 Å². The van der Waals surface area contributed by atoms with Crippen molar-refractivity contribution in [3.8, 4) is 17.0 Å². The molecule has 2 rings (SSSR count). The van der Waals surface area contributed by atoms with Crippen LogP contribution in [0.15, 0.2) is 24.5 Å². The quantitative estimate of drug-likeness (QED) is 0.892. The number of nitrogen functional groups attached to an aromatic ring is 1. The van der Waals surface area contributed by atoms with Gasteiger partial charge in [0.25, 0.3) is 0 Å². The van der Waals surface area contributed by atoms with Crippen molar-refractivity contribution >= 4 is 5.95 Å². The standard InChI is InChI=1S/C13H16N4O/c1-3-4-18-11-6-10(7-15-8-11)12-5-9(2)16-13(14)17-12/h5-8H,3-4H2,1-2H3,(H2,14,16,17). The Hall–Kier alpha value is -2.17. The van der Waals surface area contributed by atoms with E-state index >= 15 is 0 Å². The van der Waals surface area contributed by atoms with Crippen molar-refractivity contribution < 1.29 is 4.74 Å². The van der Waals surface area contributed by atoms with Crippen LogP contribution >= 0.6 is 0 Å². The van der Waals surface area contributed by atoms with E-state index < -0.39 is 0 Å². The Morgan fingerprint density at radius 3 is 2.78 bits per heavy atom. The number of nitrogens with zero attached hydrogens (tertiary/aromatic N) is 3. The van der Waals surface area contributed by atoms with E-state index in [4.69, 9.17) is 10.5 Å². The van der Waals surface area contributed by atoms with Crippen LogP contribution in [0.2, 0.25) is 0 Å². The van der Waals surface area contributed by atoms with E-state index in [0.29, 0.717) is 6.61 Å². The van der Waals surface area contributed by atoms with Crippen molar-refractivity contribution in [1.29, 1.82) is 0 Å². The van der Waals surface area contributed by atoms with Gasteiger partial charge in [0.2, 0.25) is 5.95 Å². The molecule has 2 heterocycles. The van der Waals surface area contributed by atoms with Crippen molar-refractivity contribution in [2.45, 2.75) is 20.3 Å². The first-order valence-corrected chi connectivity index (χ1v) is 5.88. The molecule has 18 heavy (non-hydrogen) atoms. The van der Waals surface area contributed by atoms with Crippen LogP contribution in [0.1, 0.15) is 19.0 Å². The number of aromatic nitrogens is 3. The molecule has 0 aliphatic carbocycles. The number of ether oxygens (including phenoxy) is 1. The second kappa shape index (κ2) is 5.44. The van der Waals surface area contributed by atoms with Gasteiger partial charge in [0.05, 0.1) is 18.5 Å². The van der Waals surface area contributed by atoms with E-state index in [9.17, 15) is 0 Å². The lowest BCUT2D eigenvalue weighted by molar-refractivity contribution is 0.316. The summed E-state index contributed by atoms with van der Waals surface area (Å²) in [5.41, 5.74) is 8.11. The summed E-state index contributed by atoms with van der Waals surface area (Å²) in [6.07, 6.45) is 4.39. The minimum atomic E-state index is 0.268. The molecule has 0 unspecified atom stereocenters. The Balaban J connectivity index is 2.32. The van der Waals surface area contributed by atoms with E-state index in [1.807, 2.05) is 19.1 Å². The van der Waals surface area contributed by atoms with Gasteiger partial charge in [-0.05, 0) is 25.5 Å². The Morgan fingerprint density at radius 1 is 1.22 bits per heavy atom. The molecule has 2 aromatic heterocycles. The number of nitrogens with two attached hydrogens (primary N) is 1. The first kappa shape index (κ1) is 12.3. The highest BCUT2D eigenvalue weighted by Gasteiger charge is 2.05. The van der Waals surface area contributed by atoms with E-state index in [1.54, 1.807) is 12.4 Å². The van der Waals surface area contributed by atoms with Crippen LogP contribution in [0.5, 0.6) is 5.75 Å². The lowest BCUT2D eigenvalue weighted by Crippen LogP contribution is -1.99. The summed E-state index contributed by atoms with van der Waals surface area (Å²) >= 11 is 0. The molecule has 0 saturated carbocycles.